The average Bonchev–Trinajstić information content (AvgIpc) is 2.94. The van der Waals surface area contributed by atoms with Gasteiger partial charge in [-0.3, -0.25) is 9.78 Å². The second-order valence-corrected chi connectivity index (χ2v) is 4.87. The van der Waals surface area contributed by atoms with Gasteiger partial charge in [0.1, 0.15) is 0 Å². The number of hydrogen-bond donors (Lipinski definition) is 1. The van der Waals surface area contributed by atoms with Crippen molar-refractivity contribution in [2.75, 3.05) is 0 Å². The normalized spacial score (nSPS) is 10.7. The molecule has 1 N–H and O–H groups in total. The third-order valence-electron chi connectivity index (χ3n) is 3.39. The molecule has 5 nitrogen and oxygen atoms in total. The average molecular weight is 302 g/mol. The van der Waals surface area contributed by atoms with Crippen LogP contribution in [0.15, 0.2) is 60.1 Å². The van der Waals surface area contributed by atoms with Crippen LogP contribution in [0.4, 0.5) is 0 Å². The summed E-state index contributed by atoms with van der Waals surface area (Å²) in [6.45, 7) is 0.484. The first-order chi connectivity index (χ1) is 11.3. The van der Waals surface area contributed by atoms with E-state index in [1.54, 1.807) is 30.7 Å². The van der Waals surface area contributed by atoms with Crippen molar-refractivity contribution in [2.24, 2.45) is 5.10 Å². The van der Waals surface area contributed by atoms with E-state index in [0.717, 1.165) is 16.5 Å². The van der Waals surface area contributed by atoms with Gasteiger partial charge in [0, 0.05) is 40.6 Å². The molecule has 2 heterocycles. The van der Waals surface area contributed by atoms with Gasteiger partial charge < -0.3 is 4.57 Å². The molecule has 0 fully saturated rings. The fraction of sp³-hybridized carbons (Fsp3) is 0.0556. The van der Waals surface area contributed by atoms with Gasteiger partial charge in [0.2, 0.25) is 0 Å². The fourth-order valence-electron chi connectivity index (χ4n) is 2.34. The molecule has 1 amide bonds. The van der Waals surface area contributed by atoms with Crippen LogP contribution in [0.1, 0.15) is 15.9 Å². The molecule has 3 aromatic rings. The van der Waals surface area contributed by atoms with Crippen LogP contribution in [0.2, 0.25) is 0 Å². The minimum Gasteiger partial charge on any atom is -0.335 e. The number of aromatic nitrogens is 2. The Morgan fingerprint density at radius 3 is 2.87 bits per heavy atom. The molecule has 5 heteroatoms. The number of fused-ring (bicyclic) bond motifs is 1. The second kappa shape index (κ2) is 6.58. The predicted octanol–water partition coefficient (Wildman–Crippen LogP) is 2.43. The number of carbonyl (C=O) groups is 1. The summed E-state index contributed by atoms with van der Waals surface area (Å²) in [7, 11) is 0. The lowest BCUT2D eigenvalue weighted by atomic mass is 10.2. The topological polar surface area (TPSA) is 59.3 Å². The summed E-state index contributed by atoms with van der Waals surface area (Å²) in [5.41, 5.74) is 4.94. The molecule has 112 valence electrons. The van der Waals surface area contributed by atoms with Crippen LogP contribution in [0.5, 0.6) is 0 Å². The van der Waals surface area contributed by atoms with Crippen molar-refractivity contribution in [3.8, 4) is 12.3 Å². The van der Waals surface area contributed by atoms with Crippen molar-refractivity contribution < 1.29 is 4.79 Å². The first kappa shape index (κ1) is 14.5. The standard InChI is InChI=1S/C18H14N4O/c1-2-11-22-13-15(16-5-3-4-6-17(16)22)12-20-21-18(23)14-7-9-19-10-8-14/h1,3-10,12-13H,11H2,(H,21,23)/b20-12-. The summed E-state index contributed by atoms with van der Waals surface area (Å²) < 4.78 is 1.97. The SMILES string of the molecule is C#CCn1cc(/C=N\NC(=O)c2ccncc2)c2ccccc21. The minimum absolute atomic E-state index is 0.281. The molecular weight excluding hydrogens is 288 g/mol. The van der Waals surface area contributed by atoms with Crippen LogP contribution in [0, 0.1) is 12.3 Å². The molecule has 0 radical (unpaired) electrons. The van der Waals surface area contributed by atoms with Crippen LogP contribution in [-0.2, 0) is 6.54 Å². The lowest BCUT2D eigenvalue weighted by Crippen LogP contribution is -2.17. The zero-order valence-electron chi connectivity index (χ0n) is 12.3. The number of amides is 1. The number of rotatable bonds is 4. The minimum atomic E-state index is -0.281. The number of pyridine rings is 1. The Bertz CT molecular complexity index is 904. The molecule has 0 aliphatic carbocycles. The van der Waals surface area contributed by atoms with E-state index in [4.69, 9.17) is 6.42 Å². The number of nitrogens with one attached hydrogen (secondary N) is 1. The smallest absolute Gasteiger partial charge is 0.271 e. The Balaban J connectivity index is 1.82. The molecule has 2 aromatic heterocycles. The van der Waals surface area contributed by atoms with Gasteiger partial charge in [-0.25, -0.2) is 5.43 Å². The van der Waals surface area contributed by atoms with E-state index in [1.807, 2.05) is 35.0 Å². The fourth-order valence-corrected chi connectivity index (χ4v) is 2.34. The Morgan fingerprint density at radius 2 is 2.09 bits per heavy atom. The van der Waals surface area contributed by atoms with Gasteiger partial charge in [-0.2, -0.15) is 5.10 Å². The second-order valence-electron chi connectivity index (χ2n) is 4.87. The number of hydrogen-bond acceptors (Lipinski definition) is 3. The van der Waals surface area contributed by atoms with E-state index in [2.05, 4.69) is 21.4 Å². The van der Waals surface area contributed by atoms with Crippen molar-refractivity contribution in [3.63, 3.8) is 0 Å². The van der Waals surface area contributed by atoms with Crippen molar-refractivity contribution in [1.29, 1.82) is 0 Å². The largest absolute Gasteiger partial charge is 0.335 e. The highest BCUT2D eigenvalue weighted by molar-refractivity contribution is 6.00. The molecule has 0 aliphatic rings. The Morgan fingerprint density at radius 1 is 1.30 bits per heavy atom. The number of nitrogens with zero attached hydrogens (tertiary/aromatic N) is 3. The summed E-state index contributed by atoms with van der Waals surface area (Å²) in [5, 5.41) is 5.06. The Kier molecular flexibility index (Phi) is 4.16. The Labute approximate surface area is 133 Å². The molecule has 0 bridgehead atoms. The van der Waals surface area contributed by atoms with Gasteiger partial charge in [0.05, 0.1) is 12.8 Å². The monoisotopic (exact) mass is 302 g/mol. The first-order valence-electron chi connectivity index (χ1n) is 7.04. The van der Waals surface area contributed by atoms with Gasteiger partial charge in [0.15, 0.2) is 0 Å². The van der Waals surface area contributed by atoms with Crippen molar-refractivity contribution >= 4 is 23.0 Å². The Hall–Kier alpha value is -3.39. The summed E-state index contributed by atoms with van der Waals surface area (Å²) >= 11 is 0. The van der Waals surface area contributed by atoms with E-state index < -0.39 is 0 Å². The van der Waals surface area contributed by atoms with Gasteiger partial charge in [-0.05, 0) is 18.2 Å². The van der Waals surface area contributed by atoms with Crippen LogP contribution in [0.25, 0.3) is 10.9 Å². The summed E-state index contributed by atoms with van der Waals surface area (Å²) in [4.78, 5) is 15.8. The third-order valence-corrected chi connectivity index (χ3v) is 3.39. The molecule has 0 saturated carbocycles. The maximum absolute atomic E-state index is 11.9. The lowest BCUT2D eigenvalue weighted by molar-refractivity contribution is 0.0955. The van der Waals surface area contributed by atoms with Crippen molar-refractivity contribution in [2.45, 2.75) is 6.54 Å². The summed E-state index contributed by atoms with van der Waals surface area (Å²) in [5.74, 6) is 2.35. The highest BCUT2D eigenvalue weighted by Crippen LogP contribution is 2.19. The van der Waals surface area contributed by atoms with Gasteiger partial charge in [-0.15, -0.1) is 6.42 Å². The van der Waals surface area contributed by atoms with Gasteiger partial charge in [-0.1, -0.05) is 24.1 Å². The van der Waals surface area contributed by atoms with Crippen molar-refractivity contribution in [1.82, 2.24) is 15.0 Å². The summed E-state index contributed by atoms with van der Waals surface area (Å²) in [6, 6.07) is 11.2. The zero-order chi connectivity index (χ0) is 16.1. The van der Waals surface area contributed by atoms with Crippen LogP contribution in [0.3, 0.4) is 0 Å². The lowest BCUT2D eigenvalue weighted by Gasteiger charge is -1.98. The van der Waals surface area contributed by atoms with E-state index in [9.17, 15) is 4.79 Å². The predicted molar refractivity (Wildman–Crippen MR) is 90.1 cm³/mol. The number of para-hydroxylation sites is 1. The maximum atomic E-state index is 11.9. The molecule has 0 atom stereocenters. The van der Waals surface area contributed by atoms with E-state index >= 15 is 0 Å². The summed E-state index contributed by atoms with van der Waals surface area (Å²) in [6.07, 6.45) is 12.1. The first-order valence-corrected chi connectivity index (χ1v) is 7.04. The van der Waals surface area contributed by atoms with E-state index in [0.29, 0.717) is 12.1 Å². The van der Waals surface area contributed by atoms with Crippen LogP contribution < -0.4 is 5.43 Å². The zero-order valence-corrected chi connectivity index (χ0v) is 12.3. The van der Waals surface area contributed by atoms with Crippen LogP contribution in [-0.4, -0.2) is 21.7 Å². The van der Waals surface area contributed by atoms with E-state index in [1.165, 1.54) is 0 Å². The molecular formula is C18H14N4O. The molecule has 0 spiro atoms. The van der Waals surface area contributed by atoms with Gasteiger partial charge >= 0.3 is 0 Å². The van der Waals surface area contributed by atoms with Crippen LogP contribution >= 0.6 is 0 Å². The number of hydrazone groups is 1. The maximum Gasteiger partial charge on any atom is 0.271 e. The highest BCUT2D eigenvalue weighted by Gasteiger charge is 2.06. The third kappa shape index (κ3) is 3.11. The number of benzene rings is 1. The molecule has 3 rings (SSSR count). The number of carbonyl (C=O) groups excluding carboxylic acids is 1. The molecule has 1 aromatic carbocycles. The van der Waals surface area contributed by atoms with Crippen molar-refractivity contribution in [3.05, 3.63) is 66.1 Å². The molecule has 23 heavy (non-hydrogen) atoms. The number of terminal acetylenes is 1. The molecule has 0 unspecified atom stereocenters. The quantitative estimate of drug-likeness (QED) is 0.457. The van der Waals surface area contributed by atoms with E-state index in [-0.39, 0.29) is 5.91 Å². The van der Waals surface area contributed by atoms with Gasteiger partial charge in [0.25, 0.3) is 5.91 Å². The molecule has 0 saturated heterocycles. The molecule has 0 aliphatic heterocycles. The highest BCUT2D eigenvalue weighted by atomic mass is 16.2.